The van der Waals surface area contributed by atoms with Crippen molar-refractivity contribution < 1.29 is 9.47 Å². The molecule has 0 unspecified atom stereocenters. The first kappa shape index (κ1) is 23.1. The summed E-state index contributed by atoms with van der Waals surface area (Å²) in [5.41, 5.74) is 2.33. The molecule has 0 spiro atoms. The molecule has 4 rings (SSSR count). The van der Waals surface area contributed by atoms with Gasteiger partial charge in [-0.25, -0.2) is 19.9 Å². The Labute approximate surface area is 201 Å². The average Bonchev–Trinajstić information content (AvgIpc) is 2.71. The van der Waals surface area contributed by atoms with E-state index >= 15 is 0 Å². The predicted octanol–water partition coefficient (Wildman–Crippen LogP) is 7.20. The molecule has 0 aliphatic rings. The highest BCUT2D eigenvalue weighted by atomic mass is 35.5. The van der Waals surface area contributed by atoms with Gasteiger partial charge in [0, 0.05) is 0 Å². The van der Waals surface area contributed by atoms with Crippen molar-refractivity contribution >= 4 is 91.7 Å². The zero-order valence-electron chi connectivity index (χ0n) is 15.2. The predicted molar refractivity (Wildman–Crippen MR) is 122 cm³/mol. The number of hydrogen-bond donors (Lipinski definition) is 0. The Balaban J connectivity index is 0.000000172. The number of ether oxygens (including phenoxy) is 2. The van der Waals surface area contributed by atoms with E-state index < -0.39 is 0 Å². The number of rotatable bonds is 2. The zero-order valence-corrected chi connectivity index (χ0v) is 19.7. The Morgan fingerprint density at radius 3 is 1.03 bits per heavy atom. The van der Waals surface area contributed by atoms with Crippen molar-refractivity contribution in [3.63, 3.8) is 0 Å². The first-order valence-corrected chi connectivity index (χ1v) is 10.2. The lowest BCUT2D eigenvalue weighted by Crippen LogP contribution is -1.97. The van der Waals surface area contributed by atoms with Gasteiger partial charge in [0.15, 0.2) is 10.3 Å². The largest absolute Gasteiger partial charge is 0.477 e. The van der Waals surface area contributed by atoms with Crippen molar-refractivity contribution in [2.75, 3.05) is 14.2 Å². The van der Waals surface area contributed by atoms with E-state index in [1.807, 2.05) is 0 Å². The molecule has 4 aromatic rings. The Morgan fingerprint density at radius 1 is 0.500 bits per heavy atom. The Bertz CT molecular complexity index is 1120. The van der Waals surface area contributed by atoms with Crippen LogP contribution < -0.4 is 9.47 Å². The first-order chi connectivity index (χ1) is 14.2. The molecule has 2 heterocycles. The smallest absolute Gasteiger partial charge is 0.278 e. The highest BCUT2D eigenvalue weighted by Gasteiger charge is 2.11. The van der Waals surface area contributed by atoms with Crippen molar-refractivity contribution in [2.24, 2.45) is 0 Å². The number of halogens is 6. The molecule has 6 nitrogen and oxygen atoms in total. The van der Waals surface area contributed by atoms with Crippen LogP contribution in [0.15, 0.2) is 24.3 Å². The second-order valence-corrected chi connectivity index (χ2v) is 7.90. The molecule has 0 aliphatic carbocycles. The number of nitrogens with zero attached hydrogens (tertiary/aromatic N) is 4. The number of benzene rings is 2. The number of aromatic nitrogens is 4. The summed E-state index contributed by atoms with van der Waals surface area (Å²) in [4.78, 5) is 16.4. The molecule has 30 heavy (non-hydrogen) atoms. The number of methoxy groups -OCH3 is 2. The summed E-state index contributed by atoms with van der Waals surface area (Å²) in [7, 11) is 2.99. The lowest BCUT2D eigenvalue weighted by Gasteiger charge is -2.07. The maximum absolute atomic E-state index is 5.89. The van der Waals surface area contributed by atoms with Gasteiger partial charge in [-0.15, -0.1) is 0 Å². The van der Waals surface area contributed by atoms with Crippen LogP contribution in [-0.2, 0) is 0 Å². The third-order valence-corrected chi connectivity index (χ3v) is 5.72. The molecule has 12 heteroatoms. The molecule has 0 N–H and O–H groups in total. The van der Waals surface area contributed by atoms with Gasteiger partial charge in [-0.05, 0) is 24.3 Å². The lowest BCUT2D eigenvalue weighted by atomic mass is 10.3. The Hall–Kier alpha value is -1.54. The van der Waals surface area contributed by atoms with Gasteiger partial charge in [-0.1, -0.05) is 69.6 Å². The summed E-state index contributed by atoms with van der Waals surface area (Å²) in [5.74, 6) is 0.627. The van der Waals surface area contributed by atoms with Gasteiger partial charge in [0.1, 0.15) is 0 Å². The van der Waals surface area contributed by atoms with Crippen LogP contribution in [0, 0.1) is 0 Å². The maximum Gasteiger partial charge on any atom is 0.278 e. The van der Waals surface area contributed by atoms with Gasteiger partial charge in [-0.3, -0.25) is 0 Å². The molecule has 0 saturated carbocycles. The van der Waals surface area contributed by atoms with Crippen LogP contribution in [-0.4, -0.2) is 34.2 Å². The quantitative estimate of drug-likeness (QED) is 0.275. The van der Waals surface area contributed by atoms with E-state index in [9.17, 15) is 0 Å². The van der Waals surface area contributed by atoms with Crippen molar-refractivity contribution in [3.8, 4) is 11.8 Å². The normalized spacial score (nSPS) is 10.7. The van der Waals surface area contributed by atoms with Crippen molar-refractivity contribution in [3.05, 3.63) is 54.7 Å². The van der Waals surface area contributed by atoms with Gasteiger partial charge < -0.3 is 9.47 Å². The van der Waals surface area contributed by atoms with E-state index in [4.69, 9.17) is 79.1 Å². The first-order valence-electron chi connectivity index (χ1n) is 7.96. The molecule has 2 aromatic carbocycles. The molecule has 2 aromatic heterocycles. The minimum atomic E-state index is 0.151. The minimum absolute atomic E-state index is 0.151. The van der Waals surface area contributed by atoms with Gasteiger partial charge in [0.05, 0.1) is 56.4 Å². The Morgan fingerprint density at radius 2 is 0.767 bits per heavy atom. The molecule has 0 radical (unpaired) electrons. The molecule has 156 valence electrons. The lowest BCUT2D eigenvalue weighted by molar-refractivity contribution is 0.334. The van der Waals surface area contributed by atoms with Crippen molar-refractivity contribution in [1.82, 2.24) is 19.9 Å². The van der Waals surface area contributed by atoms with Crippen LogP contribution in [0.1, 0.15) is 0 Å². The highest BCUT2D eigenvalue weighted by molar-refractivity contribution is 6.43. The maximum atomic E-state index is 5.89. The van der Waals surface area contributed by atoms with E-state index in [0.717, 1.165) is 0 Å². The van der Waals surface area contributed by atoms with Crippen LogP contribution >= 0.6 is 69.6 Å². The van der Waals surface area contributed by atoms with Crippen molar-refractivity contribution in [2.45, 2.75) is 0 Å². The van der Waals surface area contributed by atoms with Gasteiger partial charge in [-0.2, -0.15) is 0 Å². The third-order valence-electron chi connectivity index (χ3n) is 3.66. The summed E-state index contributed by atoms with van der Waals surface area (Å²) in [6, 6.07) is 6.45. The van der Waals surface area contributed by atoms with Crippen molar-refractivity contribution in [1.29, 1.82) is 0 Å². The van der Waals surface area contributed by atoms with E-state index in [1.165, 1.54) is 14.2 Å². The summed E-state index contributed by atoms with van der Waals surface area (Å²) >= 11 is 34.8. The second kappa shape index (κ2) is 9.73. The molecular formula is C18H10Cl6N4O2. The van der Waals surface area contributed by atoms with E-state index in [-0.39, 0.29) is 10.3 Å². The van der Waals surface area contributed by atoms with Gasteiger partial charge in [0.2, 0.25) is 0 Å². The fourth-order valence-electron chi connectivity index (χ4n) is 2.29. The molecule has 0 aliphatic heterocycles. The monoisotopic (exact) mass is 524 g/mol. The van der Waals surface area contributed by atoms with Crippen LogP contribution in [0.3, 0.4) is 0 Å². The highest BCUT2D eigenvalue weighted by Crippen LogP contribution is 2.31. The van der Waals surface area contributed by atoms with Crippen LogP contribution in [0.4, 0.5) is 0 Å². The average molecular weight is 527 g/mol. The van der Waals surface area contributed by atoms with Crippen LogP contribution in [0.25, 0.3) is 22.1 Å². The number of hydrogen-bond acceptors (Lipinski definition) is 6. The topological polar surface area (TPSA) is 70.0 Å². The molecule has 0 fully saturated rings. The summed E-state index contributed by atoms with van der Waals surface area (Å²) in [6.45, 7) is 0. The summed E-state index contributed by atoms with van der Waals surface area (Å²) in [5, 5.41) is 1.97. The van der Waals surface area contributed by atoms with E-state index in [0.29, 0.717) is 53.9 Å². The minimum Gasteiger partial charge on any atom is -0.477 e. The summed E-state index contributed by atoms with van der Waals surface area (Å²) < 4.78 is 10.1. The van der Waals surface area contributed by atoms with Gasteiger partial charge in [0.25, 0.3) is 11.8 Å². The van der Waals surface area contributed by atoms with Gasteiger partial charge >= 0.3 is 0 Å². The molecule has 0 bridgehead atoms. The zero-order chi connectivity index (χ0) is 22.0. The SMILES string of the molecule is COc1nc2cc(Cl)c(Cl)cc2nc1OC.Clc1cc2nc(Cl)c(Cl)nc2cc1Cl. The molecular weight excluding hydrogens is 517 g/mol. The molecule has 0 saturated heterocycles. The van der Waals surface area contributed by atoms with E-state index in [2.05, 4.69) is 19.9 Å². The molecule has 0 amide bonds. The van der Waals surface area contributed by atoms with Crippen LogP contribution in [0.5, 0.6) is 11.8 Å². The standard InChI is InChI=1S/C10H8Cl2N2O2.C8H2Cl4N2/c1-15-9-10(16-2)14-8-4-6(12)5(11)3-7(8)13-9;9-3-1-5-6(2-4(3)10)14-8(12)7(11)13-5/h3-4H,1-2H3;1-2H. The summed E-state index contributed by atoms with van der Waals surface area (Å²) in [6.07, 6.45) is 0. The third kappa shape index (κ3) is 5.02. The Kier molecular flexibility index (Phi) is 7.50. The van der Waals surface area contributed by atoms with E-state index in [1.54, 1.807) is 24.3 Å². The fourth-order valence-corrected chi connectivity index (χ4v) is 3.19. The number of fused-ring (bicyclic) bond motifs is 2. The van der Waals surface area contributed by atoms with Crippen LogP contribution in [0.2, 0.25) is 30.4 Å². The second-order valence-electron chi connectivity index (χ2n) is 5.56. The fraction of sp³-hybridized carbons (Fsp3) is 0.111. The molecule has 0 atom stereocenters.